The van der Waals surface area contributed by atoms with Crippen molar-refractivity contribution in [3.8, 4) is 0 Å². The summed E-state index contributed by atoms with van der Waals surface area (Å²) in [5, 5.41) is 5.67. The van der Waals surface area contributed by atoms with E-state index < -0.39 is 11.7 Å². The summed E-state index contributed by atoms with van der Waals surface area (Å²) in [6, 6.07) is 13.1. The van der Waals surface area contributed by atoms with Gasteiger partial charge in [-0.3, -0.25) is 4.79 Å². The number of anilines is 2. The highest BCUT2D eigenvalue weighted by molar-refractivity contribution is 5.95. The number of hydrogen-bond donors (Lipinski definition) is 2. The predicted octanol–water partition coefficient (Wildman–Crippen LogP) is 4.17. The number of aromatic nitrogens is 2. The van der Waals surface area contributed by atoms with Crippen molar-refractivity contribution in [1.29, 1.82) is 0 Å². The highest BCUT2D eigenvalue weighted by atomic mass is 19.4. The lowest BCUT2D eigenvalue weighted by Crippen LogP contribution is -2.22. The molecule has 1 heterocycles. The molecule has 0 atom stereocenters. The van der Waals surface area contributed by atoms with E-state index in [2.05, 4.69) is 20.6 Å². The van der Waals surface area contributed by atoms with Crippen LogP contribution in [0.4, 0.5) is 24.8 Å². The Morgan fingerprint density at radius 2 is 1.67 bits per heavy atom. The van der Waals surface area contributed by atoms with Gasteiger partial charge in [-0.2, -0.15) is 13.2 Å². The maximum Gasteiger partial charge on any atom is 0.416 e. The number of carbonyl (C=O) groups is 1. The van der Waals surface area contributed by atoms with Crippen LogP contribution < -0.4 is 10.6 Å². The second-order valence-electron chi connectivity index (χ2n) is 5.66. The molecule has 0 saturated heterocycles. The summed E-state index contributed by atoms with van der Waals surface area (Å²) in [4.78, 5) is 20.4. The van der Waals surface area contributed by atoms with Crippen molar-refractivity contribution in [3.63, 3.8) is 0 Å². The van der Waals surface area contributed by atoms with E-state index in [9.17, 15) is 18.0 Å². The minimum Gasteiger partial charge on any atom is -0.348 e. The Labute approximate surface area is 153 Å². The third kappa shape index (κ3) is 5.04. The molecule has 0 fully saturated rings. The Morgan fingerprint density at radius 1 is 0.963 bits per heavy atom. The van der Waals surface area contributed by atoms with Crippen molar-refractivity contribution in [1.82, 2.24) is 15.3 Å². The van der Waals surface area contributed by atoms with Gasteiger partial charge >= 0.3 is 6.18 Å². The Bertz CT molecular complexity index is 912. The Hall–Kier alpha value is -3.42. The number of halogens is 3. The zero-order valence-electron chi connectivity index (χ0n) is 14.0. The fraction of sp³-hybridized carbons (Fsp3) is 0.105. The molecule has 3 aromatic rings. The van der Waals surface area contributed by atoms with Crippen LogP contribution in [0.5, 0.6) is 0 Å². The number of hydrogen-bond acceptors (Lipinski definition) is 4. The van der Waals surface area contributed by atoms with Gasteiger partial charge in [0.1, 0.15) is 0 Å². The first kappa shape index (κ1) is 18.4. The Kier molecular flexibility index (Phi) is 5.35. The van der Waals surface area contributed by atoms with Gasteiger partial charge in [0, 0.05) is 30.2 Å². The molecule has 0 bridgehead atoms. The summed E-state index contributed by atoms with van der Waals surface area (Å²) in [5.41, 5.74) is 0.897. The largest absolute Gasteiger partial charge is 0.416 e. The number of carbonyl (C=O) groups excluding carboxylic acids is 1. The smallest absolute Gasteiger partial charge is 0.348 e. The molecule has 138 valence electrons. The standard InChI is InChI=1S/C19H15F3N4O/c20-19(21,22)15-7-5-13(6-8-15)12-25-17(27)14-3-1-4-16(11-14)26-18-23-9-2-10-24-18/h1-11H,12H2,(H,25,27)(H,23,24,26). The summed E-state index contributed by atoms with van der Waals surface area (Å²) < 4.78 is 37.7. The van der Waals surface area contributed by atoms with Crippen LogP contribution in [0.3, 0.4) is 0 Å². The molecular weight excluding hydrogens is 357 g/mol. The molecule has 2 N–H and O–H groups in total. The van der Waals surface area contributed by atoms with Crippen LogP contribution in [0.1, 0.15) is 21.5 Å². The lowest BCUT2D eigenvalue weighted by Gasteiger charge is -2.10. The fourth-order valence-corrected chi connectivity index (χ4v) is 2.33. The van der Waals surface area contributed by atoms with Gasteiger partial charge < -0.3 is 10.6 Å². The molecule has 3 rings (SSSR count). The van der Waals surface area contributed by atoms with E-state index in [1.165, 1.54) is 12.1 Å². The normalized spacial score (nSPS) is 11.1. The highest BCUT2D eigenvalue weighted by Crippen LogP contribution is 2.29. The minimum atomic E-state index is -4.38. The van der Waals surface area contributed by atoms with Crippen molar-refractivity contribution < 1.29 is 18.0 Å². The lowest BCUT2D eigenvalue weighted by molar-refractivity contribution is -0.137. The van der Waals surface area contributed by atoms with Crippen molar-refractivity contribution in [2.75, 3.05) is 5.32 Å². The van der Waals surface area contributed by atoms with Crippen LogP contribution in [-0.4, -0.2) is 15.9 Å². The number of alkyl halides is 3. The molecule has 0 aliphatic heterocycles. The van der Waals surface area contributed by atoms with Gasteiger partial charge in [0.15, 0.2) is 0 Å². The number of nitrogens with one attached hydrogen (secondary N) is 2. The molecule has 0 unspecified atom stereocenters. The Balaban J connectivity index is 1.62. The summed E-state index contributed by atoms with van der Waals surface area (Å²) in [6.07, 6.45) is -1.19. The highest BCUT2D eigenvalue weighted by Gasteiger charge is 2.29. The van der Waals surface area contributed by atoms with Crippen LogP contribution in [-0.2, 0) is 12.7 Å². The van der Waals surface area contributed by atoms with Crippen LogP contribution in [0, 0.1) is 0 Å². The predicted molar refractivity (Wildman–Crippen MR) is 94.4 cm³/mol. The van der Waals surface area contributed by atoms with Gasteiger partial charge in [-0.05, 0) is 42.0 Å². The maximum atomic E-state index is 12.6. The second kappa shape index (κ2) is 7.86. The minimum absolute atomic E-state index is 0.121. The van der Waals surface area contributed by atoms with E-state index in [0.29, 0.717) is 22.8 Å². The molecule has 1 aromatic heterocycles. The van der Waals surface area contributed by atoms with Crippen molar-refractivity contribution in [2.24, 2.45) is 0 Å². The van der Waals surface area contributed by atoms with Gasteiger partial charge in [0.25, 0.3) is 5.91 Å². The van der Waals surface area contributed by atoms with E-state index in [0.717, 1.165) is 12.1 Å². The number of rotatable bonds is 5. The quantitative estimate of drug-likeness (QED) is 0.706. The number of nitrogens with zero attached hydrogens (tertiary/aromatic N) is 2. The average Bonchev–Trinajstić information content (AvgIpc) is 2.67. The van der Waals surface area contributed by atoms with E-state index >= 15 is 0 Å². The zero-order chi connectivity index (χ0) is 19.3. The van der Waals surface area contributed by atoms with Crippen LogP contribution in [0.2, 0.25) is 0 Å². The van der Waals surface area contributed by atoms with Gasteiger partial charge in [0.05, 0.1) is 5.56 Å². The third-order valence-electron chi connectivity index (χ3n) is 3.68. The monoisotopic (exact) mass is 372 g/mol. The van der Waals surface area contributed by atoms with Crippen molar-refractivity contribution in [3.05, 3.63) is 83.7 Å². The third-order valence-corrected chi connectivity index (χ3v) is 3.68. The molecule has 5 nitrogen and oxygen atoms in total. The summed E-state index contributed by atoms with van der Waals surface area (Å²) >= 11 is 0. The summed E-state index contributed by atoms with van der Waals surface area (Å²) in [7, 11) is 0. The fourth-order valence-electron chi connectivity index (χ4n) is 2.33. The topological polar surface area (TPSA) is 66.9 Å². The first-order chi connectivity index (χ1) is 12.9. The van der Waals surface area contributed by atoms with Gasteiger partial charge in [-0.1, -0.05) is 18.2 Å². The van der Waals surface area contributed by atoms with Gasteiger partial charge in [-0.15, -0.1) is 0 Å². The Morgan fingerprint density at radius 3 is 2.33 bits per heavy atom. The molecule has 27 heavy (non-hydrogen) atoms. The van der Waals surface area contributed by atoms with Gasteiger partial charge in [-0.25, -0.2) is 9.97 Å². The van der Waals surface area contributed by atoms with Gasteiger partial charge in [0.2, 0.25) is 5.95 Å². The lowest BCUT2D eigenvalue weighted by atomic mass is 10.1. The second-order valence-corrected chi connectivity index (χ2v) is 5.66. The molecule has 1 amide bonds. The maximum absolute atomic E-state index is 12.6. The average molecular weight is 372 g/mol. The van der Waals surface area contributed by atoms with E-state index in [-0.39, 0.29) is 12.5 Å². The number of amides is 1. The van der Waals surface area contributed by atoms with E-state index in [1.807, 2.05) is 0 Å². The molecule has 0 radical (unpaired) electrons. The summed E-state index contributed by atoms with van der Waals surface area (Å²) in [6.45, 7) is 0.121. The molecule has 0 aliphatic rings. The SMILES string of the molecule is O=C(NCc1ccc(C(F)(F)F)cc1)c1cccc(Nc2ncccn2)c1. The van der Waals surface area contributed by atoms with E-state index in [1.54, 1.807) is 42.7 Å². The molecule has 0 aliphatic carbocycles. The van der Waals surface area contributed by atoms with Crippen molar-refractivity contribution >= 4 is 17.5 Å². The van der Waals surface area contributed by atoms with Crippen LogP contribution in [0.25, 0.3) is 0 Å². The molecule has 0 spiro atoms. The molecule has 2 aromatic carbocycles. The molecule has 8 heteroatoms. The molecule has 0 saturated carbocycles. The van der Waals surface area contributed by atoms with Crippen LogP contribution >= 0.6 is 0 Å². The summed E-state index contributed by atoms with van der Waals surface area (Å²) in [5.74, 6) is 0.0624. The zero-order valence-corrected chi connectivity index (χ0v) is 14.0. The first-order valence-electron chi connectivity index (χ1n) is 8.00. The van der Waals surface area contributed by atoms with E-state index in [4.69, 9.17) is 0 Å². The van der Waals surface area contributed by atoms with Crippen LogP contribution in [0.15, 0.2) is 67.0 Å². The molecular formula is C19H15F3N4O. The first-order valence-corrected chi connectivity index (χ1v) is 8.00. The number of benzene rings is 2. The van der Waals surface area contributed by atoms with Crippen molar-refractivity contribution in [2.45, 2.75) is 12.7 Å².